The Morgan fingerprint density at radius 1 is 1.00 bits per heavy atom. The molecule has 0 aliphatic carbocycles. The molecular formula is C32H36Cl3N3O3S. The van der Waals surface area contributed by atoms with Crippen LogP contribution in [0.5, 0.6) is 0 Å². The third-order valence-corrected chi connectivity index (χ3v) is 10.9. The molecule has 0 unspecified atom stereocenters. The van der Waals surface area contributed by atoms with Crippen LogP contribution in [0.1, 0.15) is 52.2 Å². The molecule has 1 saturated heterocycles. The number of sulfonamides is 1. The molecule has 1 amide bonds. The van der Waals surface area contributed by atoms with Crippen molar-refractivity contribution in [2.75, 3.05) is 50.3 Å². The number of hydrogen-bond acceptors (Lipinski definition) is 4. The molecule has 42 heavy (non-hydrogen) atoms. The van der Waals surface area contributed by atoms with E-state index in [2.05, 4.69) is 4.90 Å². The number of benzene rings is 3. The van der Waals surface area contributed by atoms with Gasteiger partial charge in [0, 0.05) is 42.1 Å². The molecule has 1 atom stereocenters. The maximum Gasteiger partial charge on any atom is 0.253 e. The highest BCUT2D eigenvalue weighted by molar-refractivity contribution is 7.92. The fraction of sp³-hybridized carbons (Fsp3) is 0.406. The van der Waals surface area contributed by atoms with Gasteiger partial charge in [0.2, 0.25) is 10.0 Å². The van der Waals surface area contributed by atoms with Crippen LogP contribution in [0.3, 0.4) is 0 Å². The molecule has 0 N–H and O–H groups in total. The van der Waals surface area contributed by atoms with Crippen LogP contribution in [0, 0.1) is 6.92 Å². The number of aryl methyl sites for hydroxylation is 1. The van der Waals surface area contributed by atoms with E-state index in [1.165, 1.54) is 10.6 Å². The number of hydrogen-bond donors (Lipinski definition) is 0. The topological polar surface area (TPSA) is 60.9 Å². The van der Waals surface area contributed by atoms with E-state index in [1.807, 2.05) is 68.6 Å². The zero-order valence-corrected chi connectivity index (χ0v) is 27.2. The number of carbonyl (C=O) groups is 1. The first-order valence-corrected chi connectivity index (χ1v) is 17.1. The van der Waals surface area contributed by atoms with Crippen molar-refractivity contribution < 1.29 is 13.2 Å². The Kier molecular flexibility index (Phi) is 9.17. The molecule has 1 fully saturated rings. The highest BCUT2D eigenvalue weighted by Crippen LogP contribution is 2.48. The van der Waals surface area contributed by atoms with Crippen molar-refractivity contribution in [3.05, 3.63) is 98.0 Å². The number of nitrogens with zero attached hydrogens (tertiary/aromatic N) is 3. The number of carbonyl (C=O) groups excluding carboxylic acids is 1. The summed E-state index contributed by atoms with van der Waals surface area (Å²) >= 11 is 19.0. The van der Waals surface area contributed by atoms with E-state index in [1.54, 1.807) is 11.0 Å². The van der Waals surface area contributed by atoms with Crippen molar-refractivity contribution in [2.24, 2.45) is 0 Å². The van der Waals surface area contributed by atoms with E-state index >= 15 is 0 Å². The first-order valence-electron chi connectivity index (χ1n) is 14.1. The molecule has 0 bridgehead atoms. The minimum atomic E-state index is -3.39. The van der Waals surface area contributed by atoms with Crippen LogP contribution >= 0.6 is 34.8 Å². The van der Waals surface area contributed by atoms with Gasteiger partial charge in [0.15, 0.2) is 0 Å². The predicted octanol–water partition coefficient (Wildman–Crippen LogP) is 7.01. The van der Waals surface area contributed by atoms with E-state index in [4.69, 9.17) is 34.8 Å². The molecule has 2 aliphatic rings. The summed E-state index contributed by atoms with van der Waals surface area (Å²) in [5.41, 5.74) is 4.30. The van der Waals surface area contributed by atoms with Crippen LogP contribution in [-0.2, 0) is 15.4 Å². The number of amides is 1. The first-order chi connectivity index (χ1) is 19.9. The van der Waals surface area contributed by atoms with Gasteiger partial charge >= 0.3 is 0 Å². The lowest BCUT2D eigenvalue weighted by molar-refractivity contribution is 0.0780. The van der Waals surface area contributed by atoms with Crippen LogP contribution in [0.4, 0.5) is 5.69 Å². The van der Waals surface area contributed by atoms with Crippen LogP contribution in [0.2, 0.25) is 15.1 Å². The second-order valence-corrected chi connectivity index (χ2v) is 14.9. The molecule has 0 radical (unpaired) electrons. The quantitative estimate of drug-likeness (QED) is 0.264. The molecular weight excluding hydrogens is 613 g/mol. The third kappa shape index (κ3) is 6.61. The molecule has 5 rings (SSSR count). The van der Waals surface area contributed by atoms with Gasteiger partial charge in [-0.3, -0.25) is 9.10 Å². The Balaban J connectivity index is 1.29. The summed E-state index contributed by atoms with van der Waals surface area (Å²) in [4.78, 5) is 17.5. The number of likely N-dealkylation sites (tertiary alicyclic amines) is 1. The molecule has 3 aromatic rings. The Bertz CT molecular complexity index is 1590. The summed E-state index contributed by atoms with van der Waals surface area (Å²) in [6.45, 7) is 5.50. The van der Waals surface area contributed by atoms with Gasteiger partial charge in [-0.1, -0.05) is 58.6 Å². The van der Waals surface area contributed by atoms with Crippen molar-refractivity contribution in [3.8, 4) is 0 Å². The minimum Gasteiger partial charge on any atom is -0.341 e. The summed E-state index contributed by atoms with van der Waals surface area (Å²) < 4.78 is 26.8. The number of piperidine rings is 1. The summed E-state index contributed by atoms with van der Waals surface area (Å²) in [7, 11) is -1.55. The highest BCUT2D eigenvalue weighted by Gasteiger charge is 2.47. The molecule has 2 heterocycles. The van der Waals surface area contributed by atoms with Gasteiger partial charge in [-0.05, 0) is 99.4 Å². The summed E-state index contributed by atoms with van der Waals surface area (Å²) in [5.74, 6) is 0.0406. The van der Waals surface area contributed by atoms with Gasteiger partial charge in [-0.2, -0.15) is 0 Å². The Labute approximate surface area is 264 Å². The molecule has 2 aliphatic heterocycles. The second-order valence-electron chi connectivity index (χ2n) is 11.8. The van der Waals surface area contributed by atoms with Crippen molar-refractivity contribution >= 4 is 56.4 Å². The Hall–Kier alpha value is -2.29. The number of fused-ring (bicyclic) bond motifs is 2. The van der Waals surface area contributed by atoms with Crippen LogP contribution in [-0.4, -0.2) is 70.2 Å². The van der Waals surface area contributed by atoms with Gasteiger partial charge in [0.05, 0.1) is 22.0 Å². The minimum absolute atomic E-state index is 0.0161. The molecule has 0 saturated carbocycles. The Morgan fingerprint density at radius 3 is 2.40 bits per heavy atom. The maximum absolute atomic E-state index is 13.3. The average molecular weight is 649 g/mol. The number of likely N-dealkylation sites (N-methyl/N-ethyl adjacent to an activating group) is 1. The lowest BCUT2D eigenvalue weighted by atomic mass is 9.74. The molecule has 224 valence electrons. The number of anilines is 1. The molecule has 6 nitrogen and oxygen atoms in total. The zero-order chi connectivity index (χ0) is 30.2. The fourth-order valence-corrected chi connectivity index (χ4v) is 7.88. The summed E-state index contributed by atoms with van der Waals surface area (Å²) in [5, 5.41) is 1.63. The van der Waals surface area contributed by atoms with E-state index < -0.39 is 10.0 Å². The van der Waals surface area contributed by atoms with Crippen molar-refractivity contribution in [3.63, 3.8) is 0 Å². The lowest BCUT2D eigenvalue weighted by Crippen LogP contribution is -2.46. The normalized spacial score (nSPS) is 17.3. The molecule has 10 heteroatoms. The van der Waals surface area contributed by atoms with Gasteiger partial charge in [-0.25, -0.2) is 8.42 Å². The SMILES string of the molecule is Cc1cccc(C(=O)N(C)C[C@@H](CCN2CCC3(CC2)CN(S(C)(=O)=O)c2ccc(Cl)cc23)c2ccc(Cl)c(Cl)c2)c1. The van der Waals surface area contributed by atoms with Crippen molar-refractivity contribution in [1.82, 2.24) is 9.80 Å². The van der Waals surface area contributed by atoms with E-state index in [0.717, 1.165) is 61.3 Å². The van der Waals surface area contributed by atoms with Crippen molar-refractivity contribution in [2.45, 2.75) is 37.5 Å². The van der Waals surface area contributed by atoms with Gasteiger partial charge in [0.25, 0.3) is 5.91 Å². The summed E-state index contributed by atoms with van der Waals surface area (Å²) in [6, 6.07) is 18.9. The molecule has 0 aromatic heterocycles. The average Bonchev–Trinajstić information content (AvgIpc) is 3.26. The van der Waals surface area contributed by atoms with Crippen LogP contribution < -0.4 is 4.31 Å². The monoisotopic (exact) mass is 647 g/mol. The fourth-order valence-electron chi connectivity index (χ4n) is 6.40. The standard InChI is InChI=1S/C32H36Cl3N3O3S/c1-22-5-4-6-24(17-22)31(39)36(2)20-25(23-7-9-28(34)29(35)18-23)11-14-37-15-12-32(13-16-37)21-38(42(3,40)41)30-10-8-26(33)19-27(30)32/h4-10,17-19,25H,11-16,20-21H2,1-3H3/t25-/m1/s1. The van der Waals surface area contributed by atoms with Crippen LogP contribution in [0.25, 0.3) is 0 Å². The van der Waals surface area contributed by atoms with E-state index in [0.29, 0.717) is 33.7 Å². The predicted molar refractivity (Wildman–Crippen MR) is 173 cm³/mol. The van der Waals surface area contributed by atoms with Gasteiger partial charge < -0.3 is 9.80 Å². The van der Waals surface area contributed by atoms with Crippen LogP contribution in [0.15, 0.2) is 60.7 Å². The highest BCUT2D eigenvalue weighted by atomic mass is 35.5. The Morgan fingerprint density at radius 2 is 1.74 bits per heavy atom. The lowest BCUT2D eigenvalue weighted by Gasteiger charge is -2.40. The largest absolute Gasteiger partial charge is 0.341 e. The molecule has 1 spiro atoms. The maximum atomic E-state index is 13.3. The smallest absolute Gasteiger partial charge is 0.253 e. The van der Waals surface area contributed by atoms with E-state index in [9.17, 15) is 13.2 Å². The van der Waals surface area contributed by atoms with Crippen molar-refractivity contribution in [1.29, 1.82) is 0 Å². The molecule has 3 aromatic carbocycles. The second kappa shape index (κ2) is 12.4. The first kappa shape index (κ1) is 31.1. The number of halogens is 3. The summed E-state index contributed by atoms with van der Waals surface area (Å²) in [6.07, 6.45) is 3.78. The van der Waals surface area contributed by atoms with Gasteiger partial charge in [-0.15, -0.1) is 0 Å². The third-order valence-electron chi connectivity index (χ3n) is 8.77. The van der Waals surface area contributed by atoms with E-state index in [-0.39, 0.29) is 17.2 Å². The number of rotatable bonds is 8. The van der Waals surface area contributed by atoms with Gasteiger partial charge in [0.1, 0.15) is 0 Å². The zero-order valence-electron chi connectivity index (χ0n) is 24.1.